The Morgan fingerprint density at radius 1 is 1.59 bits per heavy atom. The number of carbonyl (C=O) groups is 1. The number of amides is 2. The van der Waals surface area contributed by atoms with Gasteiger partial charge < -0.3 is 10.2 Å². The number of alkyl halides is 2. The van der Waals surface area contributed by atoms with E-state index >= 15 is 0 Å². The summed E-state index contributed by atoms with van der Waals surface area (Å²) in [6.07, 6.45) is 1.15. The summed E-state index contributed by atoms with van der Waals surface area (Å²) < 4.78 is 25.9. The van der Waals surface area contributed by atoms with Gasteiger partial charge in [0.25, 0.3) is 5.92 Å². The Bertz CT molecular complexity index is 438. The number of hydrogen-bond acceptors (Lipinski definition) is 3. The van der Waals surface area contributed by atoms with Crippen molar-refractivity contribution in [2.75, 3.05) is 18.4 Å². The Balaban J connectivity index is 2.01. The van der Waals surface area contributed by atoms with Crippen molar-refractivity contribution in [3.05, 3.63) is 18.0 Å². The van der Waals surface area contributed by atoms with Gasteiger partial charge >= 0.3 is 6.03 Å². The molecule has 7 heteroatoms. The fraction of sp³-hybridized carbons (Fsp3) is 0.500. The average molecular weight is 242 g/mol. The molecule has 92 valence electrons. The molecule has 1 aromatic rings. The lowest BCUT2D eigenvalue weighted by Crippen LogP contribution is -2.35. The van der Waals surface area contributed by atoms with Gasteiger partial charge in [0.2, 0.25) is 0 Å². The maximum atomic E-state index is 12.9. The van der Waals surface area contributed by atoms with E-state index in [0.29, 0.717) is 11.4 Å². The molecule has 0 aliphatic carbocycles. The molecule has 2 amide bonds. The first-order valence-corrected chi connectivity index (χ1v) is 5.20. The van der Waals surface area contributed by atoms with Gasteiger partial charge in [-0.25, -0.2) is 13.6 Å². The predicted octanol–water partition coefficient (Wildman–Crippen LogP) is 1.66. The van der Waals surface area contributed by atoms with Crippen LogP contribution in [0, 0.1) is 6.92 Å². The summed E-state index contributed by atoms with van der Waals surface area (Å²) >= 11 is 0. The highest BCUT2D eigenvalue weighted by Gasteiger charge is 2.40. The first-order valence-electron chi connectivity index (χ1n) is 5.20. The third-order valence-corrected chi connectivity index (χ3v) is 2.60. The van der Waals surface area contributed by atoms with Gasteiger partial charge in [-0.1, -0.05) is 0 Å². The largest absolute Gasteiger partial charge is 0.322 e. The molecule has 0 unspecified atom stereocenters. The van der Waals surface area contributed by atoms with Crippen molar-refractivity contribution in [3.8, 4) is 0 Å². The van der Waals surface area contributed by atoms with Gasteiger partial charge in [0.05, 0.1) is 24.1 Å². The van der Waals surface area contributed by atoms with E-state index < -0.39 is 18.5 Å². The minimum Gasteiger partial charge on any atom is -0.318 e. The van der Waals surface area contributed by atoms with Crippen LogP contribution in [0.15, 0.2) is 12.3 Å². The van der Waals surface area contributed by atoms with Gasteiger partial charge in [-0.2, -0.15) is 10.2 Å². The van der Waals surface area contributed by atoms with E-state index in [1.165, 1.54) is 6.20 Å². The summed E-state index contributed by atoms with van der Waals surface area (Å²) in [5.74, 6) is -2.77. The van der Waals surface area contributed by atoms with E-state index in [-0.39, 0.29) is 13.0 Å². The summed E-state index contributed by atoms with van der Waals surface area (Å²) in [5.41, 5.74) is 1.03. The summed E-state index contributed by atoms with van der Waals surface area (Å²) in [6.45, 7) is 1.22. The second-order valence-corrected chi connectivity index (χ2v) is 3.99. The minimum atomic E-state index is -2.77. The zero-order valence-electron chi connectivity index (χ0n) is 9.28. The quantitative estimate of drug-likeness (QED) is 0.814. The molecule has 1 aromatic heterocycles. The SMILES string of the molecule is Cc1nnccc1NC(=O)N1CCC(F)(F)C1. The van der Waals surface area contributed by atoms with Crippen molar-refractivity contribution in [1.82, 2.24) is 15.1 Å². The van der Waals surface area contributed by atoms with E-state index in [0.717, 1.165) is 4.90 Å². The zero-order chi connectivity index (χ0) is 12.5. The number of anilines is 1. The molecule has 5 nitrogen and oxygen atoms in total. The van der Waals surface area contributed by atoms with Crippen LogP contribution in [0.25, 0.3) is 0 Å². The topological polar surface area (TPSA) is 58.1 Å². The van der Waals surface area contributed by atoms with Crippen LogP contribution in [0.2, 0.25) is 0 Å². The lowest BCUT2D eigenvalue weighted by Gasteiger charge is -2.17. The second kappa shape index (κ2) is 4.23. The molecule has 1 fully saturated rings. The van der Waals surface area contributed by atoms with Crippen molar-refractivity contribution in [3.63, 3.8) is 0 Å². The van der Waals surface area contributed by atoms with Gasteiger partial charge in [-0.3, -0.25) is 0 Å². The van der Waals surface area contributed by atoms with Crippen molar-refractivity contribution in [2.45, 2.75) is 19.3 Å². The van der Waals surface area contributed by atoms with Crippen LogP contribution in [-0.2, 0) is 0 Å². The lowest BCUT2D eigenvalue weighted by atomic mass is 10.3. The third kappa shape index (κ3) is 2.66. The van der Waals surface area contributed by atoms with Crippen LogP contribution < -0.4 is 5.32 Å². The Morgan fingerprint density at radius 3 is 2.94 bits per heavy atom. The summed E-state index contributed by atoms with van der Waals surface area (Å²) in [4.78, 5) is 12.8. The highest BCUT2D eigenvalue weighted by atomic mass is 19.3. The Hall–Kier alpha value is -1.79. The van der Waals surface area contributed by atoms with Crippen molar-refractivity contribution in [2.24, 2.45) is 0 Å². The number of aryl methyl sites for hydroxylation is 1. The minimum absolute atomic E-state index is 0.0659. The Morgan fingerprint density at radius 2 is 2.35 bits per heavy atom. The number of hydrogen-bond donors (Lipinski definition) is 1. The molecule has 0 spiro atoms. The third-order valence-electron chi connectivity index (χ3n) is 2.60. The van der Waals surface area contributed by atoms with Crippen LogP contribution in [0.4, 0.5) is 19.3 Å². The van der Waals surface area contributed by atoms with Crippen molar-refractivity contribution >= 4 is 11.7 Å². The highest BCUT2D eigenvalue weighted by Crippen LogP contribution is 2.27. The van der Waals surface area contributed by atoms with E-state index in [1.54, 1.807) is 13.0 Å². The molecule has 2 heterocycles. The number of nitrogens with zero attached hydrogens (tertiary/aromatic N) is 3. The monoisotopic (exact) mass is 242 g/mol. The lowest BCUT2D eigenvalue weighted by molar-refractivity contribution is 0.0159. The maximum absolute atomic E-state index is 12.9. The normalized spacial score (nSPS) is 18.2. The second-order valence-electron chi connectivity index (χ2n) is 3.99. The molecule has 0 aromatic carbocycles. The molecular formula is C10H12F2N4O. The first kappa shape index (κ1) is 11.7. The predicted molar refractivity (Wildman–Crippen MR) is 56.9 cm³/mol. The van der Waals surface area contributed by atoms with Gasteiger partial charge in [-0.15, -0.1) is 0 Å². The number of urea groups is 1. The number of carbonyl (C=O) groups excluding carboxylic acids is 1. The van der Waals surface area contributed by atoms with E-state index in [4.69, 9.17) is 0 Å². The molecule has 17 heavy (non-hydrogen) atoms. The molecule has 2 rings (SSSR count). The Labute approximate surface area is 96.8 Å². The molecule has 1 aliphatic heterocycles. The van der Waals surface area contributed by atoms with E-state index in [1.807, 2.05) is 0 Å². The fourth-order valence-electron chi connectivity index (χ4n) is 1.64. The van der Waals surface area contributed by atoms with E-state index in [2.05, 4.69) is 15.5 Å². The number of halogens is 2. The van der Waals surface area contributed by atoms with Crippen LogP contribution >= 0.6 is 0 Å². The molecule has 0 bridgehead atoms. The van der Waals surface area contributed by atoms with E-state index in [9.17, 15) is 13.6 Å². The first-order chi connectivity index (χ1) is 7.98. The smallest absolute Gasteiger partial charge is 0.318 e. The molecule has 1 N–H and O–H groups in total. The van der Waals surface area contributed by atoms with Crippen LogP contribution in [-0.4, -0.2) is 40.1 Å². The molecule has 0 saturated carbocycles. The maximum Gasteiger partial charge on any atom is 0.322 e. The molecule has 0 radical (unpaired) electrons. The number of aromatic nitrogens is 2. The Kier molecular flexibility index (Phi) is 2.91. The molecular weight excluding hydrogens is 230 g/mol. The van der Waals surface area contributed by atoms with Crippen molar-refractivity contribution in [1.29, 1.82) is 0 Å². The summed E-state index contributed by atoms with van der Waals surface area (Å²) in [6, 6.07) is 1.05. The van der Waals surface area contributed by atoms with Crippen LogP contribution in [0.3, 0.4) is 0 Å². The van der Waals surface area contributed by atoms with Crippen LogP contribution in [0.1, 0.15) is 12.1 Å². The number of nitrogens with one attached hydrogen (secondary N) is 1. The summed E-state index contributed by atoms with van der Waals surface area (Å²) in [5, 5.41) is 9.93. The van der Waals surface area contributed by atoms with Gasteiger partial charge in [-0.05, 0) is 13.0 Å². The average Bonchev–Trinajstić information content (AvgIpc) is 2.62. The molecule has 0 atom stereocenters. The standard InChI is InChI=1S/C10H12F2N4O/c1-7-8(2-4-13-15-7)14-9(17)16-5-3-10(11,12)6-16/h2,4H,3,5-6H2,1H3,(H,13,14,17). The van der Waals surface area contributed by atoms with Gasteiger partial charge in [0.1, 0.15) is 0 Å². The molecule has 1 saturated heterocycles. The fourth-order valence-corrected chi connectivity index (χ4v) is 1.64. The number of likely N-dealkylation sites (tertiary alicyclic amines) is 1. The highest BCUT2D eigenvalue weighted by molar-refractivity contribution is 5.90. The van der Waals surface area contributed by atoms with Crippen molar-refractivity contribution < 1.29 is 13.6 Å². The number of rotatable bonds is 1. The zero-order valence-corrected chi connectivity index (χ0v) is 9.28. The van der Waals surface area contributed by atoms with Gasteiger partial charge in [0.15, 0.2) is 0 Å². The van der Waals surface area contributed by atoms with Crippen LogP contribution in [0.5, 0.6) is 0 Å². The summed E-state index contributed by atoms with van der Waals surface area (Å²) in [7, 11) is 0. The van der Waals surface area contributed by atoms with Gasteiger partial charge in [0, 0.05) is 13.0 Å². The molecule has 1 aliphatic rings.